The van der Waals surface area contributed by atoms with Crippen molar-refractivity contribution in [1.82, 2.24) is 14.9 Å². The summed E-state index contributed by atoms with van der Waals surface area (Å²) in [5, 5.41) is 2.45. The topological polar surface area (TPSA) is 55.3 Å². The van der Waals surface area contributed by atoms with E-state index in [0.29, 0.717) is 22.8 Å². The first kappa shape index (κ1) is 16.4. The highest BCUT2D eigenvalue weighted by atomic mass is 32.1. The highest BCUT2D eigenvalue weighted by Crippen LogP contribution is 2.24. The van der Waals surface area contributed by atoms with E-state index >= 15 is 0 Å². The standard InChI is InChI=1S/C15H18FN3O2S/c1-15(2,3)21-14(20)19(4)8-12-18-11(9-22-12)10-6-5-7-17-13(10)16/h5-7,9H,8H2,1-4H3. The fourth-order valence-corrected chi connectivity index (χ4v) is 2.54. The summed E-state index contributed by atoms with van der Waals surface area (Å²) in [6, 6.07) is 3.28. The van der Waals surface area contributed by atoms with Crippen LogP contribution in [0.2, 0.25) is 0 Å². The van der Waals surface area contributed by atoms with Gasteiger partial charge in [0.2, 0.25) is 5.95 Å². The van der Waals surface area contributed by atoms with E-state index in [4.69, 9.17) is 4.74 Å². The third-order valence-electron chi connectivity index (χ3n) is 2.66. The minimum Gasteiger partial charge on any atom is -0.444 e. The zero-order valence-corrected chi connectivity index (χ0v) is 13.8. The Bertz CT molecular complexity index is 667. The van der Waals surface area contributed by atoms with Gasteiger partial charge in [0, 0.05) is 18.6 Å². The number of carbonyl (C=O) groups is 1. The predicted molar refractivity (Wildman–Crippen MR) is 83.0 cm³/mol. The lowest BCUT2D eigenvalue weighted by molar-refractivity contribution is 0.0285. The predicted octanol–water partition coefficient (Wildman–Crippen LogP) is 3.71. The van der Waals surface area contributed by atoms with Crippen molar-refractivity contribution in [1.29, 1.82) is 0 Å². The van der Waals surface area contributed by atoms with Crippen LogP contribution in [0.5, 0.6) is 0 Å². The number of halogens is 1. The fraction of sp³-hybridized carbons (Fsp3) is 0.400. The van der Waals surface area contributed by atoms with Crippen LogP contribution in [0.25, 0.3) is 11.3 Å². The molecule has 22 heavy (non-hydrogen) atoms. The molecular weight excluding hydrogens is 305 g/mol. The summed E-state index contributed by atoms with van der Waals surface area (Å²) in [7, 11) is 1.64. The molecule has 0 N–H and O–H groups in total. The Balaban J connectivity index is 2.06. The second-order valence-corrected chi connectivity index (χ2v) is 6.75. The Morgan fingerprint density at radius 1 is 1.45 bits per heavy atom. The van der Waals surface area contributed by atoms with Gasteiger partial charge in [0.05, 0.1) is 17.8 Å². The Morgan fingerprint density at radius 2 is 2.18 bits per heavy atom. The third-order valence-corrected chi connectivity index (χ3v) is 3.50. The van der Waals surface area contributed by atoms with E-state index in [9.17, 15) is 9.18 Å². The smallest absolute Gasteiger partial charge is 0.410 e. The molecule has 0 aliphatic carbocycles. The van der Waals surface area contributed by atoms with E-state index in [1.807, 2.05) is 20.8 Å². The molecule has 0 aromatic carbocycles. The quantitative estimate of drug-likeness (QED) is 0.808. The molecule has 0 aliphatic heterocycles. The van der Waals surface area contributed by atoms with E-state index in [0.717, 1.165) is 0 Å². The highest BCUT2D eigenvalue weighted by molar-refractivity contribution is 7.09. The largest absolute Gasteiger partial charge is 0.444 e. The fourth-order valence-electron chi connectivity index (χ4n) is 1.69. The lowest BCUT2D eigenvalue weighted by Gasteiger charge is -2.24. The normalized spacial score (nSPS) is 11.3. The van der Waals surface area contributed by atoms with Crippen LogP contribution in [-0.4, -0.2) is 33.6 Å². The molecule has 118 valence electrons. The molecule has 0 unspecified atom stereocenters. The van der Waals surface area contributed by atoms with Crippen LogP contribution < -0.4 is 0 Å². The molecule has 1 amide bonds. The van der Waals surface area contributed by atoms with Gasteiger partial charge in [-0.2, -0.15) is 4.39 Å². The van der Waals surface area contributed by atoms with Gasteiger partial charge < -0.3 is 9.64 Å². The Hall–Kier alpha value is -2.02. The first-order chi connectivity index (χ1) is 10.3. The molecular formula is C15H18FN3O2S. The van der Waals surface area contributed by atoms with Crippen LogP contribution in [0, 0.1) is 5.95 Å². The maximum absolute atomic E-state index is 13.6. The number of thiazole rings is 1. The van der Waals surface area contributed by atoms with Gasteiger partial charge in [-0.15, -0.1) is 11.3 Å². The number of hydrogen-bond acceptors (Lipinski definition) is 5. The van der Waals surface area contributed by atoms with Gasteiger partial charge in [-0.1, -0.05) is 0 Å². The van der Waals surface area contributed by atoms with Crippen molar-refractivity contribution in [3.05, 3.63) is 34.7 Å². The molecule has 2 aromatic heterocycles. The summed E-state index contributed by atoms with van der Waals surface area (Å²) in [6.07, 6.45) is 0.972. The second kappa shape index (κ2) is 6.39. The summed E-state index contributed by atoms with van der Waals surface area (Å²) in [5.74, 6) is -0.556. The zero-order valence-electron chi connectivity index (χ0n) is 13.0. The summed E-state index contributed by atoms with van der Waals surface area (Å²) in [4.78, 5) is 21.3. The average molecular weight is 323 g/mol. The minimum atomic E-state index is -0.556. The molecule has 0 saturated carbocycles. The van der Waals surface area contributed by atoms with Crippen molar-refractivity contribution >= 4 is 17.4 Å². The summed E-state index contributed by atoms with van der Waals surface area (Å²) < 4.78 is 18.9. The number of amides is 1. The van der Waals surface area contributed by atoms with E-state index in [-0.39, 0.29) is 0 Å². The van der Waals surface area contributed by atoms with Crippen LogP contribution in [-0.2, 0) is 11.3 Å². The second-order valence-electron chi connectivity index (χ2n) is 5.80. The molecule has 0 saturated heterocycles. The number of carbonyl (C=O) groups excluding carboxylic acids is 1. The van der Waals surface area contributed by atoms with Crippen LogP contribution in [0.15, 0.2) is 23.7 Å². The molecule has 2 rings (SSSR count). The molecule has 0 bridgehead atoms. The Labute approximate surface area is 132 Å². The number of rotatable bonds is 3. The number of aromatic nitrogens is 2. The van der Waals surface area contributed by atoms with Gasteiger partial charge in [0.1, 0.15) is 10.6 Å². The molecule has 7 heteroatoms. The molecule has 0 spiro atoms. The first-order valence-electron chi connectivity index (χ1n) is 6.75. The average Bonchev–Trinajstić information content (AvgIpc) is 2.85. The van der Waals surface area contributed by atoms with Gasteiger partial charge in [0.25, 0.3) is 0 Å². The Morgan fingerprint density at radius 3 is 2.82 bits per heavy atom. The summed E-state index contributed by atoms with van der Waals surface area (Å²) >= 11 is 1.36. The molecule has 0 aliphatic rings. The summed E-state index contributed by atoms with van der Waals surface area (Å²) in [6.45, 7) is 5.74. The third kappa shape index (κ3) is 4.24. The molecule has 5 nitrogen and oxygen atoms in total. The van der Waals surface area contributed by atoms with E-state index in [2.05, 4.69) is 9.97 Å². The highest BCUT2D eigenvalue weighted by Gasteiger charge is 2.20. The van der Waals surface area contributed by atoms with Crippen LogP contribution in [0.3, 0.4) is 0 Å². The lowest BCUT2D eigenvalue weighted by atomic mass is 10.2. The minimum absolute atomic E-state index is 0.307. The number of ether oxygens (including phenoxy) is 1. The monoisotopic (exact) mass is 323 g/mol. The van der Waals surface area contributed by atoms with Gasteiger partial charge in [-0.25, -0.2) is 14.8 Å². The maximum atomic E-state index is 13.6. The molecule has 0 atom stereocenters. The molecule has 0 fully saturated rings. The molecule has 2 aromatic rings. The van der Waals surface area contributed by atoms with Crippen molar-refractivity contribution in [2.45, 2.75) is 32.9 Å². The number of nitrogens with zero attached hydrogens (tertiary/aromatic N) is 3. The SMILES string of the molecule is CN(Cc1nc(-c2cccnc2F)cs1)C(=O)OC(C)(C)C. The van der Waals surface area contributed by atoms with Crippen molar-refractivity contribution in [3.8, 4) is 11.3 Å². The van der Waals surface area contributed by atoms with Crippen LogP contribution >= 0.6 is 11.3 Å². The van der Waals surface area contributed by atoms with E-state index in [1.54, 1.807) is 24.6 Å². The first-order valence-corrected chi connectivity index (χ1v) is 7.63. The van der Waals surface area contributed by atoms with Crippen molar-refractivity contribution in [2.75, 3.05) is 7.05 Å². The van der Waals surface area contributed by atoms with Crippen molar-refractivity contribution in [3.63, 3.8) is 0 Å². The number of hydrogen-bond donors (Lipinski definition) is 0. The van der Waals surface area contributed by atoms with E-state index in [1.165, 1.54) is 22.4 Å². The van der Waals surface area contributed by atoms with Gasteiger partial charge >= 0.3 is 6.09 Å². The lowest BCUT2D eigenvalue weighted by Crippen LogP contribution is -2.33. The van der Waals surface area contributed by atoms with Gasteiger partial charge in [-0.3, -0.25) is 0 Å². The van der Waals surface area contributed by atoms with Crippen LogP contribution in [0.1, 0.15) is 25.8 Å². The molecule has 2 heterocycles. The van der Waals surface area contributed by atoms with Crippen LogP contribution in [0.4, 0.5) is 9.18 Å². The van der Waals surface area contributed by atoms with E-state index < -0.39 is 17.6 Å². The van der Waals surface area contributed by atoms with Gasteiger partial charge in [0.15, 0.2) is 0 Å². The Kier molecular flexibility index (Phi) is 4.75. The maximum Gasteiger partial charge on any atom is 0.410 e. The zero-order chi connectivity index (χ0) is 16.3. The molecule has 0 radical (unpaired) electrons. The van der Waals surface area contributed by atoms with Crippen molar-refractivity contribution in [2.24, 2.45) is 0 Å². The van der Waals surface area contributed by atoms with Gasteiger partial charge in [-0.05, 0) is 32.9 Å². The summed E-state index contributed by atoms with van der Waals surface area (Å²) in [5.41, 5.74) is 0.325. The number of pyridine rings is 1. The van der Waals surface area contributed by atoms with Crippen molar-refractivity contribution < 1.29 is 13.9 Å².